The molecule has 0 atom stereocenters. The van der Waals surface area contributed by atoms with Crippen molar-refractivity contribution in [2.45, 2.75) is 9.73 Å². The minimum absolute atomic E-state index is 0.0195. The van der Waals surface area contributed by atoms with Crippen LogP contribution < -0.4 is 10.0 Å². The molecule has 1 heterocycles. The lowest BCUT2D eigenvalue weighted by Gasteiger charge is -2.10. The number of aromatic nitrogens is 1. The van der Waals surface area contributed by atoms with Crippen LogP contribution in [0.1, 0.15) is 0 Å². The number of benzene rings is 3. The number of carbonyl (C=O) groups excluding carboxylic acids is 1. The molecule has 3 N–H and O–H groups in total. The van der Waals surface area contributed by atoms with Crippen molar-refractivity contribution in [3.8, 4) is 0 Å². The van der Waals surface area contributed by atoms with E-state index in [0.717, 1.165) is 10.2 Å². The first kappa shape index (κ1) is 24.3. The highest BCUT2D eigenvalue weighted by Gasteiger charge is 2.15. The Kier molecular flexibility index (Phi) is 7.29. The van der Waals surface area contributed by atoms with E-state index in [2.05, 4.69) is 25.3 Å². The van der Waals surface area contributed by atoms with Gasteiger partial charge in [0.1, 0.15) is 0 Å². The first-order valence-electron chi connectivity index (χ1n) is 9.56. The molecule has 8 nitrogen and oxygen atoms in total. The van der Waals surface area contributed by atoms with E-state index in [1.165, 1.54) is 35.6 Å². The number of sulfonamides is 1. The molecule has 0 unspecified atom stereocenters. The molecule has 0 spiro atoms. The van der Waals surface area contributed by atoms with Crippen LogP contribution in [0.25, 0.3) is 10.2 Å². The second kappa shape index (κ2) is 10.2. The van der Waals surface area contributed by atoms with Gasteiger partial charge in [-0.25, -0.2) is 8.42 Å². The molecule has 0 aliphatic rings. The van der Waals surface area contributed by atoms with Crippen molar-refractivity contribution < 1.29 is 13.2 Å². The first-order valence-corrected chi connectivity index (χ1v) is 13.1. The van der Waals surface area contributed by atoms with Gasteiger partial charge in [0.2, 0.25) is 0 Å². The summed E-state index contributed by atoms with van der Waals surface area (Å²) in [5.74, 6) is -0.606. The van der Waals surface area contributed by atoms with Crippen LogP contribution in [0.4, 0.5) is 22.7 Å². The minimum Gasteiger partial charge on any atom is -0.337 e. The predicted molar refractivity (Wildman–Crippen MR) is 139 cm³/mol. The average Bonchev–Trinajstić information content (AvgIpc) is 3.18. The molecule has 34 heavy (non-hydrogen) atoms. The van der Waals surface area contributed by atoms with E-state index < -0.39 is 20.8 Å². The molecule has 0 aliphatic carbocycles. The molecule has 174 valence electrons. The Morgan fingerprint density at radius 1 is 0.941 bits per heavy atom. The van der Waals surface area contributed by atoms with Gasteiger partial charge in [-0.2, -0.15) is 10.2 Å². The summed E-state index contributed by atoms with van der Waals surface area (Å²) in [5, 5.41) is 10.9. The number of hydrogen-bond acceptors (Lipinski definition) is 7. The largest absolute Gasteiger partial charge is 0.337 e. The van der Waals surface area contributed by atoms with Crippen molar-refractivity contribution >= 4 is 95.7 Å². The summed E-state index contributed by atoms with van der Waals surface area (Å²) in [6, 6.07) is 17.7. The standard InChI is InChI=1S/C21H15Cl2N5O3S3/c22-19(23)20(29)24-12-5-8-16(9-6-12)34(30,31)28-14-3-1-13(2-4-14)26-27-15-7-10-17-18(11-15)33-21(32)25-17/h1-11,19,28H,(H,24,29)(H,25,32). The van der Waals surface area contributed by atoms with E-state index >= 15 is 0 Å². The monoisotopic (exact) mass is 551 g/mol. The molecule has 4 rings (SSSR count). The van der Waals surface area contributed by atoms with Gasteiger partial charge in [-0.05, 0) is 78.9 Å². The SMILES string of the molecule is O=C(Nc1ccc(S(=O)(=O)Nc2ccc(N=Nc3ccc4[nH]c(=S)sc4c3)cc2)cc1)C(Cl)Cl. The Labute approximate surface area is 213 Å². The number of halogens is 2. The molecule has 0 saturated carbocycles. The Hall–Kier alpha value is -2.83. The smallest absolute Gasteiger partial charge is 0.261 e. The molecule has 13 heteroatoms. The molecule has 0 aliphatic heterocycles. The molecule has 0 saturated heterocycles. The van der Waals surface area contributed by atoms with Gasteiger partial charge in [-0.15, -0.1) is 11.3 Å². The van der Waals surface area contributed by atoms with Gasteiger partial charge < -0.3 is 10.3 Å². The van der Waals surface area contributed by atoms with E-state index in [9.17, 15) is 13.2 Å². The number of fused-ring (bicyclic) bond motifs is 1. The van der Waals surface area contributed by atoms with Gasteiger partial charge in [-0.1, -0.05) is 23.2 Å². The third kappa shape index (κ3) is 5.99. The van der Waals surface area contributed by atoms with Gasteiger partial charge >= 0.3 is 0 Å². The molecule has 0 fully saturated rings. The van der Waals surface area contributed by atoms with Crippen molar-refractivity contribution in [2.24, 2.45) is 10.2 Å². The molecular formula is C21H15Cl2N5O3S3. The number of amides is 1. The number of thiazole rings is 1. The van der Waals surface area contributed by atoms with Crippen molar-refractivity contribution in [1.82, 2.24) is 4.98 Å². The number of anilines is 2. The number of azo groups is 1. The van der Waals surface area contributed by atoms with Crippen LogP contribution in [-0.2, 0) is 14.8 Å². The van der Waals surface area contributed by atoms with Crippen LogP contribution in [-0.4, -0.2) is 24.1 Å². The Balaban J connectivity index is 1.42. The zero-order valence-corrected chi connectivity index (χ0v) is 21.0. The number of H-pyrrole nitrogens is 1. The highest BCUT2D eigenvalue weighted by molar-refractivity contribution is 7.92. The number of alkyl halides is 2. The summed E-state index contributed by atoms with van der Waals surface area (Å²) in [4.78, 5) is 13.4. The van der Waals surface area contributed by atoms with Gasteiger partial charge in [0.15, 0.2) is 8.79 Å². The van der Waals surface area contributed by atoms with E-state index in [1.807, 2.05) is 18.2 Å². The second-order valence-corrected chi connectivity index (χ2v) is 11.4. The first-order chi connectivity index (χ1) is 16.2. The number of aromatic amines is 1. The van der Waals surface area contributed by atoms with Crippen molar-refractivity contribution in [3.63, 3.8) is 0 Å². The van der Waals surface area contributed by atoms with Crippen LogP contribution in [0.3, 0.4) is 0 Å². The Morgan fingerprint density at radius 2 is 1.56 bits per heavy atom. The lowest BCUT2D eigenvalue weighted by atomic mass is 10.3. The summed E-state index contributed by atoms with van der Waals surface area (Å²) in [7, 11) is -3.84. The Bertz CT molecular complexity index is 1530. The average molecular weight is 552 g/mol. The maximum absolute atomic E-state index is 12.7. The highest BCUT2D eigenvalue weighted by Crippen LogP contribution is 2.27. The fourth-order valence-electron chi connectivity index (χ4n) is 2.84. The second-order valence-electron chi connectivity index (χ2n) is 6.86. The fourth-order valence-corrected chi connectivity index (χ4v) is 5.15. The van der Waals surface area contributed by atoms with Crippen molar-refractivity contribution in [1.29, 1.82) is 0 Å². The van der Waals surface area contributed by atoms with Gasteiger partial charge in [0.05, 0.1) is 26.5 Å². The number of nitrogens with one attached hydrogen (secondary N) is 3. The normalized spacial score (nSPS) is 11.9. The number of hydrogen-bond donors (Lipinski definition) is 3. The van der Waals surface area contributed by atoms with Gasteiger partial charge in [0, 0.05) is 11.4 Å². The highest BCUT2D eigenvalue weighted by atomic mass is 35.5. The molecule has 4 aromatic rings. The van der Waals surface area contributed by atoms with Gasteiger partial charge in [-0.3, -0.25) is 9.52 Å². The number of rotatable bonds is 7. The van der Waals surface area contributed by atoms with E-state index in [1.54, 1.807) is 24.3 Å². The summed E-state index contributed by atoms with van der Waals surface area (Å²) in [5.41, 5.74) is 2.91. The van der Waals surface area contributed by atoms with E-state index in [0.29, 0.717) is 26.7 Å². The molecular weight excluding hydrogens is 537 g/mol. The van der Waals surface area contributed by atoms with Crippen LogP contribution in [0, 0.1) is 3.95 Å². The third-order valence-electron chi connectivity index (χ3n) is 4.44. The van der Waals surface area contributed by atoms with E-state index in [4.69, 9.17) is 35.4 Å². The third-order valence-corrected chi connectivity index (χ3v) is 7.43. The van der Waals surface area contributed by atoms with Crippen molar-refractivity contribution in [3.05, 3.63) is 70.7 Å². The minimum atomic E-state index is -3.84. The predicted octanol–water partition coefficient (Wildman–Crippen LogP) is 6.92. The molecule has 0 bridgehead atoms. The number of nitrogens with zero attached hydrogens (tertiary/aromatic N) is 2. The summed E-state index contributed by atoms with van der Waals surface area (Å²) in [6.07, 6.45) is 0. The summed E-state index contributed by atoms with van der Waals surface area (Å²) >= 11 is 17.6. The van der Waals surface area contributed by atoms with Crippen LogP contribution in [0.15, 0.2) is 81.9 Å². The maximum Gasteiger partial charge on any atom is 0.261 e. The molecule has 0 radical (unpaired) electrons. The molecule has 1 aromatic heterocycles. The fraction of sp³-hybridized carbons (Fsp3) is 0.0476. The van der Waals surface area contributed by atoms with Crippen LogP contribution in [0.5, 0.6) is 0 Å². The quantitative estimate of drug-likeness (QED) is 0.131. The number of carbonyl (C=O) groups is 1. The Morgan fingerprint density at radius 3 is 2.24 bits per heavy atom. The maximum atomic E-state index is 12.7. The summed E-state index contributed by atoms with van der Waals surface area (Å²) < 4.78 is 29.5. The van der Waals surface area contributed by atoms with E-state index in [-0.39, 0.29) is 4.90 Å². The zero-order chi connectivity index (χ0) is 24.3. The van der Waals surface area contributed by atoms with Crippen molar-refractivity contribution in [2.75, 3.05) is 10.0 Å². The topological polar surface area (TPSA) is 116 Å². The zero-order valence-electron chi connectivity index (χ0n) is 17.0. The summed E-state index contributed by atoms with van der Waals surface area (Å²) in [6.45, 7) is 0. The molecule has 3 aromatic carbocycles. The van der Waals surface area contributed by atoms with Crippen LogP contribution in [0.2, 0.25) is 0 Å². The lowest BCUT2D eigenvalue weighted by molar-refractivity contribution is -0.114. The molecule has 1 amide bonds. The lowest BCUT2D eigenvalue weighted by Crippen LogP contribution is -2.18. The van der Waals surface area contributed by atoms with Gasteiger partial charge in [0.25, 0.3) is 15.9 Å². The van der Waals surface area contributed by atoms with Crippen LogP contribution >= 0.6 is 46.8 Å².